The predicted octanol–water partition coefficient (Wildman–Crippen LogP) is 5.87. The van der Waals surface area contributed by atoms with Crippen LogP contribution in [0, 0.1) is 11.8 Å². The highest BCUT2D eigenvalue weighted by molar-refractivity contribution is 7.39. The molecule has 1 aromatic rings. The van der Waals surface area contributed by atoms with Gasteiger partial charge in [-0.05, 0) is 18.2 Å². The second-order valence-electron chi connectivity index (χ2n) is 7.20. The zero-order valence-corrected chi connectivity index (χ0v) is 18.8. The van der Waals surface area contributed by atoms with Crippen molar-refractivity contribution < 1.29 is 9.53 Å². The minimum atomic E-state index is -0.720. The fraction of sp³-hybridized carbons (Fsp3) is 0.471. The number of halogens is 2. The van der Waals surface area contributed by atoms with Gasteiger partial charge in [0.05, 0.1) is 5.88 Å². The van der Waals surface area contributed by atoms with Crippen LogP contribution >= 0.6 is 23.2 Å². The van der Waals surface area contributed by atoms with Crippen molar-refractivity contribution in [2.45, 2.75) is 39.3 Å². The van der Waals surface area contributed by atoms with Crippen LogP contribution in [0.5, 0.6) is 0 Å². The largest absolute Gasteiger partial charge is 0.436 e. The van der Waals surface area contributed by atoms with Crippen molar-refractivity contribution in [3.8, 4) is 11.8 Å². The normalized spacial score (nSPS) is 10.7. The molecule has 1 rings (SSSR count). The van der Waals surface area contributed by atoms with E-state index in [1.54, 1.807) is 24.3 Å². The molecule has 0 spiro atoms. The fourth-order valence-electron chi connectivity index (χ4n) is 0.920. The van der Waals surface area contributed by atoms with E-state index in [-0.39, 0.29) is 12.5 Å². The lowest BCUT2D eigenvalue weighted by Gasteiger charge is -2.30. The number of ether oxygens (including phenoxy) is 1. The predicted molar refractivity (Wildman–Crippen MR) is 112 cm³/mol. The van der Waals surface area contributed by atoms with Gasteiger partial charge >= 0.3 is 6.09 Å². The molecule has 0 aliphatic carbocycles. The van der Waals surface area contributed by atoms with Gasteiger partial charge in [0.25, 0.3) is 0 Å². The Morgan fingerprint density at radius 3 is 2.17 bits per heavy atom. The average Bonchev–Trinajstić information content (AvgIpc) is 2.42. The first-order valence-corrected chi connectivity index (χ1v) is 16.6. The molecule has 0 radical (unpaired) electrons. The van der Waals surface area contributed by atoms with E-state index in [1.165, 1.54) is 0 Å². The highest BCUT2D eigenvalue weighted by Gasteiger charge is 2.31. The third-order valence-electron chi connectivity index (χ3n) is 3.79. The van der Waals surface area contributed by atoms with Gasteiger partial charge in [0, 0.05) is 25.9 Å². The summed E-state index contributed by atoms with van der Waals surface area (Å²) >= 11 is 11.1. The van der Waals surface area contributed by atoms with Crippen molar-refractivity contribution in [3.63, 3.8) is 0 Å². The molecule has 0 saturated carbocycles. The summed E-state index contributed by atoms with van der Waals surface area (Å²) in [7, 11) is -1.44. The molecule has 0 aliphatic heterocycles. The third kappa shape index (κ3) is 10.8. The van der Waals surface area contributed by atoms with Gasteiger partial charge in [0.2, 0.25) is 0 Å². The van der Waals surface area contributed by atoms with Crippen molar-refractivity contribution in [2.75, 3.05) is 17.8 Å². The Bertz CT molecular complexity index is 573. The summed E-state index contributed by atoms with van der Waals surface area (Å²) in [5.74, 6) is 5.36. The summed E-state index contributed by atoms with van der Waals surface area (Å²) in [6, 6.07) is 6.76. The van der Waals surface area contributed by atoms with E-state index in [1.807, 2.05) is 0 Å². The van der Waals surface area contributed by atoms with Crippen molar-refractivity contribution in [3.05, 3.63) is 29.3 Å². The Labute approximate surface area is 157 Å². The summed E-state index contributed by atoms with van der Waals surface area (Å²) < 4.78 is 4.76. The molecule has 0 heterocycles. The van der Waals surface area contributed by atoms with E-state index in [4.69, 9.17) is 27.9 Å². The fourth-order valence-corrected chi connectivity index (χ4v) is 1.20. The summed E-state index contributed by atoms with van der Waals surface area (Å²) in [5, 5.41) is 3.05. The smallest absolute Gasteiger partial charge is 0.412 e. The van der Waals surface area contributed by atoms with E-state index in [2.05, 4.69) is 56.4 Å². The number of hydrogen-bond acceptors (Lipinski definition) is 2. The van der Waals surface area contributed by atoms with Crippen LogP contribution in [0.25, 0.3) is 0 Å². The van der Waals surface area contributed by atoms with Crippen LogP contribution in [-0.2, 0) is 4.74 Å². The van der Waals surface area contributed by atoms with Gasteiger partial charge in [0.15, 0.2) is 6.61 Å². The maximum Gasteiger partial charge on any atom is 0.412 e. The molecule has 0 saturated heterocycles. The van der Waals surface area contributed by atoms with E-state index in [0.29, 0.717) is 10.7 Å². The zero-order chi connectivity index (χ0) is 18.8. The van der Waals surface area contributed by atoms with Gasteiger partial charge < -0.3 is 4.74 Å². The number of anilines is 1. The Morgan fingerprint density at radius 1 is 1.12 bits per heavy atom. The highest BCUT2D eigenvalue weighted by atomic mass is 35.5. The Kier molecular flexibility index (Phi) is 10.4. The molecular weight excluding hydrogens is 377 g/mol. The van der Waals surface area contributed by atoms with Gasteiger partial charge in [-0.1, -0.05) is 68.8 Å². The molecule has 0 aliphatic rings. The Hall–Kier alpha value is -0.936. The number of rotatable bonds is 3. The van der Waals surface area contributed by atoms with E-state index in [0.717, 1.165) is 0 Å². The SMILES string of the molecule is C[Si](C)(C)[Si](C)(C)C.O=C(Nc1cccc(Cl)c1)OCC#CCCl. The number of carbonyl (C=O) groups excluding carboxylic acids is 1. The van der Waals surface area contributed by atoms with Crippen LogP contribution in [0.15, 0.2) is 24.3 Å². The first-order chi connectivity index (χ1) is 11.0. The Balaban J connectivity index is 0.000000561. The van der Waals surface area contributed by atoms with Crippen molar-refractivity contribution in [2.24, 2.45) is 0 Å². The number of amides is 1. The monoisotopic (exact) mass is 403 g/mol. The van der Waals surface area contributed by atoms with E-state index in [9.17, 15) is 4.79 Å². The molecule has 3 nitrogen and oxygen atoms in total. The molecule has 0 unspecified atom stereocenters. The van der Waals surface area contributed by atoms with Gasteiger partial charge in [-0.25, -0.2) is 4.79 Å². The molecule has 1 amide bonds. The topological polar surface area (TPSA) is 38.3 Å². The number of alkyl halides is 1. The van der Waals surface area contributed by atoms with Crippen LogP contribution in [-0.4, -0.2) is 33.8 Å². The average molecular weight is 404 g/mol. The molecule has 0 atom stereocenters. The molecule has 0 aromatic heterocycles. The number of carbonyl (C=O) groups is 1. The van der Waals surface area contributed by atoms with Crippen LogP contribution in [0.1, 0.15) is 0 Å². The maximum atomic E-state index is 11.2. The molecule has 0 bridgehead atoms. The standard InChI is InChI=1S/C11H9Cl2NO2.C6H18Si2/c12-6-1-2-7-16-11(15)14-10-5-3-4-9(13)8-10;1-7(2,3)8(4,5)6/h3-5,8H,6-7H2,(H,14,15);1-6H3. The lowest BCUT2D eigenvalue weighted by Crippen LogP contribution is -2.49. The molecule has 0 fully saturated rings. The second-order valence-corrected chi connectivity index (χ2v) is 25.9. The highest BCUT2D eigenvalue weighted by Crippen LogP contribution is 2.17. The zero-order valence-electron chi connectivity index (χ0n) is 15.3. The first kappa shape index (κ1) is 23.1. The van der Waals surface area contributed by atoms with Crippen LogP contribution in [0.3, 0.4) is 0 Å². The van der Waals surface area contributed by atoms with Crippen LogP contribution < -0.4 is 5.32 Å². The summed E-state index contributed by atoms with van der Waals surface area (Å²) in [4.78, 5) is 11.2. The lowest BCUT2D eigenvalue weighted by atomic mass is 10.3. The molecule has 1 N–H and O–H groups in total. The summed E-state index contributed by atoms with van der Waals surface area (Å²) in [6.07, 6.45) is -0.578. The van der Waals surface area contributed by atoms with Gasteiger partial charge in [0.1, 0.15) is 0 Å². The van der Waals surface area contributed by atoms with Crippen molar-refractivity contribution in [1.29, 1.82) is 0 Å². The molecular formula is C17H27Cl2NO2Si2. The quantitative estimate of drug-likeness (QED) is 0.389. The van der Waals surface area contributed by atoms with Gasteiger partial charge in [-0.2, -0.15) is 0 Å². The summed E-state index contributed by atoms with van der Waals surface area (Å²) in [6.45, 7) is 14.8. The minimum Gasteiger partial charge on any atom is -0.436 e. The number of hydrogen-bond donors (Lipinski definition) is 1. The van der Waals surface area contributed by atoms with Gasteiger partial charge in [-0.3, -0.25) is 5.32 Å². The third-order valence-corrected chi connectivity index (χ3v) is 22.2. The molecule has 24 heavy (non-hydrogen) atoms. The molecule has 7 heteroatoms. The maximum absolute atomic E-state index is 11.2. The van der Waals surface area contributed by atoms with Crippen LogP contribution in [0.2, 0.25) is 44.3 Å². The minimum absolute atomic E-state index is 0.0130. The number of benzene rings is 1. The summed E-state index contributed by atoms with van der Waals surface area (Å²) in [5.41, 5.74) is 0.572. The lowest BCUT2D eigenvalue weighted by molar-refractivity contribution is 0.176. The molecule has 1 aromatic carbocycles. The first-order valence-electron chi connectivity index (χ1n) is 7.68. The Morgan fingerprint density at radius 2 is 1.71 bits per heavy atom. The van der Waals surface area contributed by atoms with E-state index >= 15 is 0 Å². The number of nitrogens with one attached hydrogen (secondary N) is 1. The van der Waals surface area contributed by atoms with Crippen LogP contribution in [0.4, 0.5) is 10.5 Å². The van der Waals surface area contributed by atoms with Crippen molar-refractivity contribution in [1.82, 2.24) is 0 Å². The van der Waals surface area contributed by atoms with E-state index < -0.39 is 21.3 Å². The van der Waals surface area contributed by atoms with Crippen molar-refractivity contribution >= 4 is 50.2 Å². The molecule has 134 valence electrons. The second kappa shape index (κ2) is 10.8. The van der Waals surface area contributed by atoms with Gasteiger partial charge in [-0.15, -0.1) is 11.6 Å².